The summed E-state index contributed by atoms with van der Waals surface area (Å²) in [4.78, 5) is 33.5. The number of rotatable bonds is 2. The number of carbonyl (C=O) groups is 3. The van der Waals surface area contributed by atoms with E-state index in [1.54, 1.807) is 0 Å². The van der Waals surface area contributed by atoms with Crippen LogP contribution < -0.4 is 0 Å². The molecular weight excluding hydrogens is 212 g/mol. The first-order valence-corrected chi connectivity index (χ1v) is 5.39. The molecule has 16 heavy (non-hydrogen) atoms. The van der Waals surface area contributed by atoms with E-state index in [1.165, 1.54) is 13.8 Å². The van der Waals surface area contributed by atoms with E-state index < -0.39 is 24.1 Å². The lowest BCUT2D eigenvalue weighted by atomic mass is 10.1. The van der Waals surface area contributed by atoms with E-state index in [4.69, 9.17) is 9.47 Å². The van der Waals surface area contributed by atoms with Gasteiger partial charge in [-0.15, -0.1) is 0 Å². The van der Waals surface area contributed by atoms with Gasteiger partial charge in [0.15, 0.2) is 12.2 Å². The van der Waals surface area contributed by atoms with E-state index in [0.29, 0.717) is 12.8 Å². The van der Waals surface area contributed by atoms with Crippen molar-refractivity contribution in [2.24, 2.45) is 0 Å². The lowest BCUT2D eigenvalue weighted by molar-refractivity contribution is -0.162. The van der Waals surface area contributed by atoms with Gasteiger partial charge in [0.25, 0.3) is 0 Å². The molecule has 1 saturated carbocycles. The van der Waals surface area contributed by atoms with Gasteiger partial charge in [-0.2, -0.15) is 0 Å². The smallest absolute Gasteiger partial charge is 0.303 e. The second-order valence-electron chi connectivity index (χ2n) is 3.88. The molecule has 90 valence electrons. The van der Waals surface area contributed by atoms with Crippen molar-refractivity contribution in [3.8, 4) is 0 Å². The van der Waals surface area contributed by atoms with Crippen molar-refractivity contribution in [2.45, 2.75) is 51.7 Å². The first-order chi connectivity index (χ1) is 7.50. The summed E-state index contributed by atoms with van der Waals surface area (Å²) in [5.41, 5.74) is 0. The predicted molar refractivity (Wildman–Crippen MR) is 54.6 cm³/mol. The van der Waals surface area contributed by atoms with E-state index in [0.717, 1.165) is 12.8 Å². The van der Waals surface area contributed by atoms with Crippen LogP contribution in [0.3, 0.4) is 0 Å². The summed E-state index contributed by atoms with van der Waals surface area (Å²) in [6.07, 6.45) is 1.09. The minimum absolute atomic E-state index is 0.303. The molecule has 1 fully saturated rings. The highest BCUT2D eigenvalue weighted by Crippen LogP contribution is 2.20. The Kier molecular flexibility index (Phi) is 4.46. The van der Waals surface area contributed by atoms with Gasteiger partial charge >= 0.3 is 11.9 Å². The normalized spacial score (nSPS) is 25.8. The standard InChI is InChI=1S/C11H16O5/c1-7(12)15-9-5-3-4-6-10(11(9)14)16-8(2)13/h9-10H,3-6H2,1-2H3. The van der Waals surface area contributed by atoms with Crippen LogP contribution in [-0.4, -0.2) is 29.9 Å². The molecule has 0 N–H and O–H groups in total. The molecule has 0 spiro atoms. The van der Waals surface area contributed by atoms with Gasteiger partial charge in [0.1, 0.15) is 0 Å². The Labute approximate surface area is 94.1 Å². The van der Waals surface area contributed by atoms with Crippen LogP contribution in [0.4, 0.5) is 0 Å². The van der Waals surface area contributed by atoms with Crippen molar-refractivity contribution in [3.05, 3.63) is 0 Å². The number of hydrogen-bond acceptors (Lipinski definition) is 5. The first kappa shape index (κ1) is 12.7. The molecule has 1 rings (SSSR count). The molecule has 2 unspecified atom stereocenters. The van der Waals surface area contributed by atoms with Crippen LogP contribution >= 0.6 is 0 Å². The van der Waals surface area contributed by atoms with Crippen LogP contribution in [0.1, 0.15) is 39.5 Å². The van der Waals surface area contributed by atoms with Gasteiger partial charge in [-0.05, 0) is 25.7 Å². The third-order valence-corrected chi connectivity index (χ3v) is 2.43. The van der Waals surface area contributed by atoms with Gasteiger partial charge in [0.2, 0.25) is 5.78 Å². The summed E-state index contributed by atoms with van der Waals surface area (Å²) >= 11 is 0. The zero-order chi connectivity index (χ0) is 12.1. The van der Waals surface area contributed by atoms with Crippen molar-refractivity contribution in [1.82, 2.24) is 0 Å². The average molecular weight is 228 g/mol. The largest absolute Gasteiger partial charge is 0.454 e. The molecule has 0 aromatic heterocycles. The molecule has 0 radical (unpaired) electrons. The Morgan fingerprint density at radius 2 is 1.38 bits per heavy atom. The van der Waals surface area contributed by atoms with E-state index in [9.17, 15) is 14.4 Å². The summed E-state index contributed by atoms with van der Waals surface area (Å²) in [5.74, 6) is -1.27. The van der Waals surface area contributed by atoms with Gasteiger partial charge in [0.05, 0.1) is 0 Å². The third-order valence-electron chi connectivity index (χ3n) is 2.43. The predicted octanol–water partition coefficient (Wildman–Crippen LogP) is 0.993. The van der Waals surface area contributed by atoms with Crippen LogP contribution in [0.25, 0.3) is 0 Å². The maximum Gasteiger partial charge on any atom is 0.303 e. The zero-order valence-corrected chi connectivity index (χ0v) is 9.52. The molecule has 0 heterocycles. The third kappa shape index (κ3) is 3.64. The molecule has 0 bridgehead atoms. The monoisotopic (exact) mass is 228 g/mol. The van der Waals surface area contributed by atoms with Crippen LogP contribution in [-0.2, 0) is 23.9 Å². The molecule has 1 aliphatic rings. The number of ketones is 1. The highest BCUT2D eigenvalue weighted by molar-refractivity contribution is 5.90. The van der Waals surface area contributed by atoms with E-state index in [-0.39, 0.29) is 5.78 Å². The van der Waals surface area contributed by atoms with Crippen molar-refractivity contribution in [1.29, 1.82) is 0 Å². The van der Waals surface area contributed by atoms with Gasteiger partial charge < -0.3 is 9.47 Å². The zero-order valence-electron chi connectivity index (χ0n) is 9.52. The molecule has 5 heteroatoms. The first-order valence-electron chi connectivity index (χ1n) is 5.39. The lowest BCUT2D eigenvalue weighted by Crippen LogP contribution is -2.36. The second-order valence-corrected chi connectivity index (χ2v) is 3.88. The van der Waals surface area contributed by atoms with E-state index in [2.05, 4.69) is 0 Å². The Morgan fingerprint density at radius 1 is 1.00 bits per heavy atom. The van der Waals surface area contributed by atoms with Crippen molar-refractivity contribution in [3.63, 3.8) is 0 Å². The van der Waals surface area contributed by atoms with Gasteiger partial charge in [-0.25, -0.2) is 0 Å². The summed E-state index contributed by atoms with van der Waals surface area (Å²) in [7, 11) is 0. The van der Waals surface area contributed by atoms with Gasteiger partial charge in [-0.1, -0.05) is 0 Å². The molecule has 2 atom stereocenters. The van der Waals surface area contributed by atoms with Crippen molar-refractivity contribution >= 4 is 17.7 Å². The summed E-state index contributed by atoms with van der Waals surface area (Å²) in [5, 5.41) is 0. The number of hydrogen-bond donors (Lipinski definition) is 0. The Morgan fingerprint density at radius 3 is 1.69 bits per heavy atom. The lowest BCUT2D eigenvalue weighted by Gasteiger charge is -2.18. The maximum atomic E-state index is 11.9. The fraction of sp³-hybridized carbons (Fsp3) is 0.727. The minimum Gasteiger partial charge on any atom is -0.454 e. The molecule has 0 saturated heterocycles. The molecule has 1 aliphatic carbocycles. The second kappa shape index (κ2) is 5.63. The highest BCUT2D eigenvalue weighted by atomic mass is 16.6. The van der Waals surface area contributed by atoms with Crippen LogP contribution in [0.15, 0.2) is 0 Å². The van der Waals surface area contributed by atoms with Gasteiger partial charge in [0, 0.05) is 13.8 Å². The van der Waals surface area contributed by atoms with Crippen molar-refractivity contribution in [2.75, 3.05) is 0 Å². The van der Waals surface area contributed by atoms with Crippen LogP contribution in [0.5, 0.6) is 0 Å². The fourth-order valence-corrected chi connectivity index (χ4v) is 1.79. The number of Topliss-reactive ketones (excluding diaryl/α,β-unsaturated/α-hetero) is 1. The molecule has 0 aliphatic heterocycles. The SMILES string of the molecule is CC(=O)OC1CCCCC(OC(C)=O)C1=O. The van der Waals surface area contributed by atoms with Crippen LogP contribution in [0, 0.1) is 0 Å². The van der Waals surface area contributed by atoms with Gasteiger partial charge in [-0.3, -0.25) is 14.4 Å². The molecule has 0 aromatic rings. The molecule has 5 nitrogen and oxygen atoms in total. The van der Waals surface area contributed by atoms with Crippen molar-refractivity contribution < 1.29 is 23.9 Å². The Bertz CT molecular complexity index is 269. The molecular formula is C11H16O5. The quantitative estimate of drug-likeness (QED) is 0.520. The maximum absolute atomic E-state index is 11.9. The number of ether oxygens (including phenoxy) is 2. The van der Waals surface area contributed by atoms with Crippen LogP contribution in [0.2, 0.25) is 0 Å². The Balaban J connectivity index is 2.67. The molecule has 0 aromatic carbocycles. The van der Waals surface area contributed by atoms with E-state index in [1.807, 2.05) is 0 Å². The Hall–Kier alpha value is -1.39. The number of esters is 2. The highest BCUT2D eigenvalue weighted by Gasteiger charge is 2.33. The summed E-state index contributed by atoms with van der Waals surface area (Å²) < 4.78 is 9.83. The topological polar surface area (TPSA) is 69.7 Å². The fourth-order valence-electron chi connectivity index (χ4n) is 1.79. The molecule has 0 amide bonds. The average Bonchev–Trinajstić information content (AvgIpc) is 2.31. The summed E-state index contributed by atoms with van der Waals surface area (Å²) in [6, 6.07) is 0. The number of carbonyl (C=O) groups excluding carboxylic acids is 3. The minimum atomic E-state index is -0.760. The van der Waals surface area contributed by atoms with E-state index >= 15 is 0 Å². The summed E-state index contributed by atoms with van der Waals surface area (Å²) in [6.45, 7) is 2.53.